The maximum Gasteiger partial charge on any atom is 0.416 e. The SMILES string of the molecule is CC1=C(C(=O)OCCOc2ccccc2)[C@H](c2ccccc2C(F)(F)F)C2=C(CCCC2=O)N1. The van der Waals surface area contributed by atoms with Gasteiger partial charge in [0.25, 0.3) is 0 Å². The molecule has 4 rings (SSSR count). The van der Waals surface area contributed by atoms with Crippen molar-refractivity contribution in [2.75, 3.05) is 13.2 Å². The van der Waals surface area contributed by atoms with E-state index in [4.69, 9.17) is 9.47 Å². The highest BCUT2D eigenvalue weighted by molar-refractivity contribution is 6.03. The molecule has 2 aromatic carbocycles. The fourth-order valence-corrected chi connectivity index (χ4v) is 4.46. The van der Waals surface area contributed by atoms with Crippen LogP contribution < -0.4 is 10.1 Å². The Hall–Kier alpha value is -3.55. The lowest BCUT2D eigenvalue weighted by atomic mass is 9.74. The van der Waals surface area contributed by atoms with Crippen LogP contribution in [-0.2, 0) is 20.5 Å². The quantitative estimate of drug-likeness (QED) is 0.458. The minimum atomic E-state index is -4.65. The third-order valence-electron chi connectivity index (χ3n) is 5.90. The molecule has 0 radical (unpaired) electrons. The molecule has 1 aliphatic carbocycles. The lowest BCUT2D eigenvalue weighted by molar-refractivity contribution is -0.141. The summed E-state index contributed by atoms with van der Waals surface area (Å²) in [7, 11) is 0. The van der Waals surface area contributed by atoms with E-state index in [9.17, 15) is 22.8 Å². The monoisotopic (exact) mass is 471 g/mol. The highest BCUT2D eigenvalue weighted by atomic mass is 19.4. The summed E-state index contributed by atoms with van der Waals surface area (Å²) in [6, 6.07) is 14.0. The molecule has 5 nitrogen and oxygen atoms in total. The third-order valence-corrected chi connectivity index (χ3v) is 5.90. The zero-order valence-electron chi connectivity index (χ0n) is 18.6. The Morgan fingerprint density at radius 2 is 1.74 bits per heavy atom. The van der Waals surface area contributed by atoms with Gasteiger partial charge in [-0.3, -0.25) is 4.79 Å². The zero-order chi connectivity index (χ0) is 24.3. The van der Waals surface area contributed by atoms with Gasteiger partial charge in [-0.2, -0.15) is 13.2 Å². The summed E-state index contributed by atoms with van der Waals surface area (Å²) < 4.78 is 52.6. The second-order valence-corrected chi connectivity index (χ2v) is 8.15. The Morgan fingerprint density at radius 3 is 2.47 bits per heavy atom. The molecule has 0 saturated heterocycles. The molecule has 2 aliphatic rings. The summed E-state index contributed by atoms with van der Waals surface area (Å²) in [6.45, 7) is 1.59. The van der Waals surface area contributed by atoms with Gasteiger partial charge in [-0.1, -0.05) is 36.4 Å². The molecule has 1 heterocycles. The normalized spacial score (nSPS) is 18.4. The van der Waals surface area contributed by atoms with Gasteiger partial charge in [0, 0.05) is 29.3 Å². The van der Waals surface area contributed by atoms with E-state index in [2.05, 4.69) is 5.32 Å². The van der Waals surface area contributed by atoms with Gasteiger partial charge in [-0.25, -0.2) is 4.79 Å². The fraction of sp³-hybridized carbons (Fsp3) is 0.308. The molecule has 1 N–H and O–H groups in total. The Morgan fingerprint density at radius 1 is 1.03 bits per heavy atom. The first-order valence-electron chi connectivity index (χ1n) is 11.0. The molecule has 0 saturated carbocycles. The summed E-state index contributed by atoms with van der Waals surface area (Å²) >= 11 is 0. The number of halogens is 3. The molecule has 1 aliphatic heterocycles. The van der Waals surface area contributed by atoms with Crippen LogP contribution in [0.15, 0.2) is 77.1 Å². The molecule has 2 aromatic rings. The molecule has 0 unspecified atom stereocenters. The van der Waals surface area contributed by atoms with E-state index in [-0.39, 0.29) is 42.1 Å². The Bertz CT molecular complexity index is 1150. The molecule has 8 heteroatoms. The number of benzene rings is 2. The molecule has 0 aromatic heterocycles. The van der Waals surface area contributed by atoms with Gasteiger partial charge < -0.3 is 14.8 Å². The number of carbonyl (C=O) groups excluding carboxylic acids is 2. The molecular formula is C26H24F3NO4. The maximum absolute atomic E-state index is 13.9. The van der Waals surface area contributed by atoms with Crippen LogP contribution in [0.4, 0.5) is 13.2 Å². The van der Waals surface area contributed by atoms with Crippen molar-refractivity contribution >= 4 is 11.8 Å². The molecular weight excluding hydrogens is 447 g/mol. The van der Waals surface area contributed by atoms with E-state index in [1.807, 2.05) is 6.07 Å². The van der Waals surface area contributed by atoms with Gasteiger partial charge in [0.05, 0.1) is 11.1 Å². The average molecular weight is 471 g/mol. The summed E-state index contributed by atoms with van der Waals surface area (Å²) in [5, 5.41) is 3.08. The fourth-order valence-electron chi connectivity index (χ4n) is 4.46. The zero-order valence-corrected chi connectivity index (χ0v) is 18.6. The first-order valence-corrected chi connectivity index (χ1v) is 11.0. The van der Waals surface area contributed by atoms with E-state index < -0.39 is 23.6 Å². The van der Waals surface area contributed by atoms with E-state index >= 15 is 0 Å². The Balaban J connectivity index is 1.65. The molecule has 0 bridgehead atoms. The van der Waals surface area contributed by atoms with Crippen molar-refractivity contribution in [2.45, 2.75) is 38.3 Å². The number of dihydropyridines is 1. The lowest BCUT2D eigenvalue weighted by Crippen LogP contribution is -2.35. The number of Topliss-reactive ketones (excluding diaryl/α,β-unsaturated/α-hetero) is 1. The van der Waals surface area contributed by atoms with Crippen LogP contribution in [0, 0.1) is 0 Å². The highest BCUT2D eigenvalue weighted by Gasteiger charge is 2.43. The molecule has 1 atom stereocenters. The second-order valence-electron chi connectivity index (χ2n) is 8.15. The maximum atomic E-state index is 13.9. The van der Waals surface area contributed by atoms with E-state index in [0.29, 0.717) is 30.0 Å². The first-order chi connectivity index (χ1) is 16.3. The summed E-state index contributed by atoms with van der Waals surface area (Å²) in [6.07, 6.45) is -3.30. The van der Waals surface area contributed by atoms with Gasteiger partial charge in [0.1, 0.15) is 19.0 Å². The smallest absolute Gasteiger partial charge is 0.416 e. The number of ether oxygens (including phenoxy) is 2. The highest BCUT2D eigenvalue weighted by Crippen LogP contribution is 2.46. The minimum absolute atomic E-state index is 0.00501. The Kier molecular flexibility index (Phi) is 6.77. The number of nitrogens with one attached hydrogen (secondary N) is 1. The van der Waals surface area contributed by atoms with Crippen LogP contribution >= 0.6 is 0 Å². The second kappa shape index (κ2) is 9.75. The van der Waals surface area contributed by atoms with Gasteiger partial charge in [-0.15, -0.1) is 0 Å². The van der Waals surface area contributed by atoms with E-state index in [0.717, 1.165) is 6.07 Å². The predicted molar refractivity (Wildman–Crippen MR) is 119 cm³/mol. The van der Waals surface area contributed by atoms with Gasteiger partial charge in [0.2, 0.25) is 0 Å². The van der Waals surface area contributed by atoms with Crippen molar-refractivity contribution in [3.05, 3.63) is 88.3 Å². The molecule has 0 spiro atoms. The van der Waals surface area contributed by atoms with Gasteiger partial charge >= 0.3 is 12.1 Å². The van der Waals surface area contributed by atoms with Crippen LogP contribution in [0.25, 0.3) is 0 Å². The predicted octanol–water partition coefficient (Wildman–Crippen LogP) is 5.30. The third kappa shape index (κ3) is 4.85. The van der Waals surface area contributed by atoms with Crippen LogP contribution in [0.5, 0.6) is 5.75 Å². The topological polar surface area (TPSA) is 64.6 Å². The number of carbonyl (C=O) groups is 2. The van der Waals surface area contributed by atoms with E-state index in [1.165, 1.54) is 18.2 Å². The number of alkyl halides is 3. The lowest BCUT2D eigenvalue weighted by Gasteiger charge is -2.35. The van der Waals surface area contributed by atoms with Crippen LogP contribution in [0.2, 0.25) is 0 Å². The van der Waals surface area contributed by atoms with Crippen molar-refractivity contribution in [1.29, 1.82) is 0 Å². The van der Waals surface area contributed by atoms with Crippen LogP contribution in [0.3, 0.4) is 0 Å². The van der Waals surface area contributed by atoms with Gasteiger partial charge in [-0.05, 0) is 43.5 Å². The number of hydrogen-bond donors (Lipinski definition) is 1. The van der Waals surface area contributed by atoms with Crippen molar-refractivity contribution in [1.82, 2.24) is 5.32 Å². The standard InChI is InChI=1S/C26H24F3NO4/c1-16-22(25(32)34-15-14-33-17-8-3-2-4-9-17)23(24-20(30-16)12-7-13-21(24)31)18-10-5-6-11-19(18)26(27,28)29/h2-6,8-11,23,30H,7,12-15H2,1H3/t23-/m0/s1. The number of hydrogen-bond acceptors (Lipinski definition) is 5. The molecule has 0 amide bonds. The number of esters is 1. The summed E-state index contributed by atoms with van der Waals surface area (Å²) in [5.74, 6) is -1.60. The number of para-hydroxylation sites is 1. The molecule has 0 fully saturated rings. The molecule has 178 valence electrons. The molecule has 34 heavy (non-hydrogen) atoms. The first kappa shape index (κ1) is 23.6. The van der Waals surface area contributed by atoms with E-state index in [1.54, 1.807) is 31.2 Å². The van der Waals surface area contributed by atoms with Gasteiger partial charge in [0.15, 0.2) is 5.78 Å². The van der Waals surface area contributed by atoms with Crippen LogP contribution in [0.1, 0.15) is 43.2 Å². The van der Waals surface area contributed by atoms with Crippen molar-refractivity contribution < 1.29 is 32.2 Å². The average Bonchev–Trinajstić information content (AvgIpc) is 2.81. The Labute approximate surface area is 195 Å². The summed E-state index contributed by atoms with van der Waals surface area (Å²) in [4.78, 5) is 26.0. The largest absolute Gasteiger partial charge is 0.490 e. The minimum Gasteiger partial charge on any atom is -0.490 e. The van der Waals surface area contributed by atoms with Crippen molar-refractivity contribution in [3.63, 3.8) is 0 Å². The number of ketones is 1. The summed E-state index contributed by atoms with van der Waals surface area (Å²) in [5.41, 5.74) is 0.152. The van der Waals surface area contributed by atoms with Crippen molar-refractivity contribution in [3.8, 4) is 5.75 Å². The number of rotatable bonds is 6. The number of allylic oxidation sites excluding steroid dienone is 3. The van der Waals surface area contributed by atoms with Crippen LogP contribution in [-0.4, -0.2) is 25.0 Å². The van der Waals surface area contributed by atoms with Crippen molar-refractivity contribution in [2.24, 2.45) is 0 Å².